The van der Waals surface area contributed by atoms with E-state index in [-0.39, 0.29) is 23.1 Å². The number of nitrogens with zero attached hydrogens (tertiary/aromatic N) is 2. The van der Waals surface area contributed by atoms with Crippen molar-refractivity contribution in [2.45, 2.75) is 32.1 Å². The quantitative estimate of drug-likeness (QED) is 0.717. The number of benzene rings is 1. The van der Waals surface area contributed by atoms with Crippen molar-refractivity contribution in [2.75, 3.05) is 19.6 Å². The van der Waals surface area contributed by atoms with Crippen LogP contribution >= 0.6 is 0 Å². The first-order chi connectivity index (χ1) is 14.6. The van der Waals surface area contributed by atoms with Crippen molar-refractivity contribution in [3.8, 4) is 0 Å². The number of amides is 2. The Hall–Kier alpha value is -2.95. The number of piperidine rings is 1. The minimum Gasteiger partial charge on any atom is -0.356 e. The largest absolute Gasteiger partial charge is 0.356 e. The third-order valence-electron chi connectivity index (χ3n) is 6.64. The van der Waals surface area contributed by atoms with Crippen LogP contribution in [0.25, 0.3) is 6.08 Å². The van der Waals surface area contributed by atoms with Crippen molar-refractivity contribution in [3.63, 3.8) is 0 Å². The standard InChI is InChI=1S/C25H29N3O2/c1-2-19-5-7-21(8-6-19)24(30)28-16-11-25(12-17-28)18-22(25)23(29)27-13-3-4-20-9-14-26-15-10-20/h2,5-10,14-15,22H,1,3-4,11-13,16-18H2,(H,27,29)/t22-/m1/s1. The van der Waals surface area contributed by atoms with E-state index in [2.05, 4.69) is 16.9 Å². The average molecular weight is 404 g/mol. The Bertz CT molecular complexity index is 900. The minimum atomic E-state index is 0.0817. The number of nitrogens with one attached hydrogen (secondary N) is 1. The van der Waals surface area contributed by atoms with E-state index >= 15 is 0 Å². The molecule has 2 fully saturated rings. The maximum Gasteiger partial charge on any atom is 0.253 e. The van der Waals surface area contributed by atoms with Gasteiger partial charge in [0.1, 0.15) is 0 Å². The Morgan fingerprint density at radius 3 is 2.50 bits per heavy atom. The lowest BCUT2D eigenvalue weighted by Crippen LogP contribution is -2.40. The maximum atomic E-state index is 12.8. The van der Waals surface area contributed by atoms with Crippen LogP contribution in [0.2, 0.25) is 0 Å². The zero-order valence-corrected chi connectivity index (χ0v) is 17.3. The molecule has 1 saturated carbocycles. The number of carbonyl (C=O) groups excluding carboxylic acids is 2. The molecule has 2 amide bonds. The number of aryl methyl sites for hydroxylation is 1. The van der Waals surface area contributed by atoms with Crippen LogP contribution in [0, 0.1) is 11.3 Å². The summed E-state index contributed by atoms with van der Waals surface area (Å²) in [7, 11) is 0. The van der Waals surface area contributed by atoms with Gasteiger partial charge in [-0.1, -0.05) is 24.8 Å². The fraction of sp³-hybridized carbons (Fsp3) is 0.400. The molecule has 30 heavy (non-hydrogen) atoms. The average Bonchev–Trinajstić information content (AvgIpc) is 3.50. The van der Waals surface area contributed by atoms with Crippen LogP contribution in [0.5, 0.6) is 0 Å². The molecule has 5 nitrogen and oxygen atoms in total. The molecule has 1 spiro atoms. The maximum absolute atomic E-state index is 12.8. The van der Waals surface area contributed by atoms with E-state index < -0.39 is 0 Å². The molecular formula is C25H29N3O2. The predicted octanol–water partition coefficient (Wildman–Crippen LogP) is 3.72. The molecule has 1 N–H and O–H groups in total. The van der Waals surface area contributed by atoms with Gasteiger partial charge in [-0.15, -0.1) is 0 Å². The highest BCUT2D eigenvalue weighted by molar-refractivity contribution is 5.94. The van der Waals surface area contributed by atoms with Crippen LogP contribution in [0.1, 0.15) is 47.2 Å². The summed E-state index contributed by atoms with van der Waals surface area (Å²) in [6.07, 6.45) is 10.0. The van der Waals surface area contributed by atoms with Gasteiger partial charge in [0, 0.05) is 43.5 Å². The summed E-state index contributed by atoms with van der Waals surface area (Å²) in [6.45, 7) is 5.91. The summed E-state index contributed by atoms with van der Waals surface area (Å²) in [5.74, 6) is 0.380. The van der Waals surface area contributed by atoms with Crippen LogP contribution in [0.4, 0.5) is 0 Å². The number of pyridine rings is 1. The van der Waals surface area contributed by atoms with Crippen molar-refractivity contribution < 1.29 is 9.59 Å². The van der Waals surface area contributed by atoms with Crippen molar-refractivity contribution in [1.29, 1.82) is 0 Å². The molecule has 1 atom stereocenters. The summed E-state index contributed by atoms with van der Waals surface area (Å²) >= 11 is 0. The summed E-state index contributed by atoms with van der Waals surface area (Å²) in [6, 6.07) is 11.6. The Morgan fingerprint density at radius 1 is 1.13 bits per heavy atom. The van der Waals surface area contributed by atoms with Gasteiger partial charge < -0.3 is 10.2 Å². The second kappa shape index (κ2) is 8.82. The van der Waals surface area contributed by atoms with Gasteiger partial charge in [-0.25, -0.2) is 0 Å². The highest BCUT2D eigenvalue weighted by Gasteiger charge is 2.58. The lowest BCUT2D eigenvalue weighted by atomic mass is 9.90. The first-order valence-electron chi connectivity index (χ1n) is 10.8. The van der Waals surface area contributed by atoms with Gasteiger partial charge in [-0.2, -0.15) is 0 Å². The molecule has 1 aromatic heterocycles. The Morgan fingerprint density at radius 2 is 1.83 bits per heavy atom. The van der Waals surface area contributed by atoms with Crippen LogP contribution in [0.3, 0.4) is 0 Å². The second-order valence-electron chi connectivity index (χ2n) is 8.49. The zero-order valence-electron chi connectivity index (χ0n) is 17.3. The van der Waals surface area contributed by atoms with Crippen molar-refractivity contribution >= 4 is 17.9 Å². The van der Waals surface area contributed by atoms with Gasteiger partial charge in [0.05, 0.1) is 0 Å². The Kier molecular flexibility index (Phi) is 5.98. The molecule has 1 saturated heterocycles. The number of rotatable bonds is 7. The minimum absolute atomic E-state index is 0.0817. The topological polar surface area (TPSA) is 62.3 Å². The fourth-order valence-corrected chi connectivity index (χ4v) is 4.55. The van der Waals surface area contributed by atoms with Gasteiger partial charge in [-0.05, 0) is 72.9 Å². The SMILES string of the molecule is C=Cc1ccc(C(=O)N2CCC3(CC2)C[C@@H]3C(=O)NCCCc2ccncc2)cc1. The molecule has 1 aliphatic heterocycles. The second-order valence-corrected chi connectivity index (χ2v) is 8.49. The zero-order chi connectivity index (χ0) is 21.0. The molecule has 0 unspecified atom stereocenters. The van der Waals surface area contributed by atoms with Crippen LogP contribution in [-0.4, -0.2) is 41.3 Å². The van der Waals surface area contributed by atoms with E-state index in [1.54, 1.807) is 18.5 Å². The Labute approximate surface area is 178 Å². The Balaban J connectivity index is 1.20. The number of likely N-dealkylation sites (tertiary alicyclic amines) is 1. The molecule has 4 rings (SSSR count). The number of hydrogen-bond acceptors (Lipinski definition) is 3. The van der Waals surface area contributed by atoms with E-state index in [1.165, 1.54) is 5.56 Å². The summed E-state index contributed by atoms with van der Waals surface area (Å²) < 4.78 is 0. The third kappa shape index (κ3) is 4.45. The highest BCUT2D eigenvalue weighted by Crippen LogP contribution is 2.59. The first-order valence-corrected chi connectivity index (χ1v) is 10.8. The van der Waals surface area contributed by atoms with Crippen molar-refractivity contribution in [3.05, 3.63) is 72.1 Å². The van der Waals surface area contributed by atoms with E-state index in [0.29, 0.717) is 6.54 Å². The van der Waals surface area contributed by atoms with Gasteiger partial charge >= 0.3 is 0 Å². The van der Waals surface area contributed by atoms with E-state index in [0.717, 1.165) is 56.3 Å². The lowest BCUT2D eigenvalue weighted by Gasteiger charge is -2.33. The molecule has 2 aliphatic rings. The molecule has 1 aromatic carbocycles. The van der Waals surface area contributed by atoms with Gasteiger partial charge in [-0.3, -0.25) is 14.6 Å². The fourth-order valence-electron chi connectivity index (χ4n) is 4.55. The molecule has 2 heterocycles. The van der Waals surface area contributed by atoms with Crippen LogP contribution < -0.4 is 5.32 Å². The monoisotopic (exact) mass is 403 g/mol. The van der Waals surface area contributed by atoms with Crippen LogP contribution in [-0.2, 0) is 11.2 Å². The number of carbonyl (C=O) groups is 2. The summed E-state index contributed by atoms with van der Waals surface area (Å²) in [5, 5.41) is 3.11. The highest BCUT2D eigenvalue weighted by atomic mass is 16.2. The van der Waals surface area contributed by atoms with E-state index in [1.807, 2.05) is 41.3 Å². The summed E-state index contributed by atoms with van der Waals surface area (Å²) in [5.41, 5.74) is 3.09. The molecule has 156 valence electrons. The van der Waals surface area contributed by atoms with Crippen molar-refractivity contribution in [2.24, 2.45) is 11.3 Å². The smallest absolute Gasteiger partial charge is 0.253 e. The lowest BCUT2D eigenvalue weighted by molar-refractivity contribution is -0.123. The molecular weight excluding hydrogens is 374 g/mol. The molecule has 5 heteroatoms. The summed E-state index contributed by atoms with van der Waals surface area (Å²) in [4.78, 5) is 31.3. The van der Waals surface area contributed by atoms with Gasteiger partial charge in [0.25, 0.3) is 5.91 Å². The predicted molar refractivity (Wildman–Crippen MR) is 118 cm³/mol. The first kappa shape index (κ1) is 20.3. The molecule has 2 aromatic rings. The van der Waals surface area contributed by atoms with Gasteiger partial charge in [0.2, 0.25) is 5.91 Å². The van der Waals surface area contributed by atoms with Crippen molar-refractivity contribution in [1.82, 2.24) is 15.2 Å². The molecule has 0 bridgehead atoms. The molecule has 0 radical (unpaired) electrons. The number of hydrogen-bond donors (Lipinski definition) is 1. The van der Waals surface area contributed by atoms with E-state index in [9.17, 15) is 9.59 Å². The molecule has 1 aliphatic carbocycles. The third-order valence-corrected chi connectivity index (χ3v) is 6.64. The van der Waals surface area contributed by atoms with E-state index in [4.69, 9.17) is 0 Å². The normalized spacial score (nSPS) is 19.3. The van der Waals surface area contributed by atoms with Gasteiger partial charge in [0.15, 0.2) is 0 Å². The van der Waals surface area contributed by atoms with Crippen LogP contribution in [0.15, 0.2) is 55.4 Å². The number of aromatic nitrogens is 1.